The third-order valence-electron chi connectivity index (χ3n) is 3.87. The second-order valence-corrected chi connectivity index (χ2v) is 8.29. The summed E-state index contributed by atoms with van der Waals surface area (Å²) in [5.74, 6) is -0.258. The quantitative estimate of drug-likeness (QED) is 0.314. The number of hydrogen-bond acceptors (Lipinski definition) is 3. The SMILES string of the molecule is Br.C=CCn1c(-c2ccc(Cl)cc2)c(C)sc1=NNC(=O)c1ccc(Br)cc1. The van der Waals surface area contributed by atoms with Crippen molar-refractivity contribution in [3.8, 4) is 11.3 Å². The maximum atomic E-state index is 12.3. The van der Waals surface area contributed by atoms with Gasteiger partial charge in [0, 0.05) is 26.5 Å². The van der Waals surface area contributed by atoms with Crippen LogP contribution < -0.4 is 10.2 Å². The number of benzene rings is 2. The van der Waals surface area contributed by atoms with Crippen molar-refractivity contribution in [1.82, 2.24) is 9.99 Å². The van der Waals surface area contributed by atoms with Gasteiger partial charge in [-0.2, -0.15) is 0 Å². The van der Waals surface area contributed by atoms with E-state index >= 15 is 0 Å². The van der Waals surface area contributed by atoms with Crippen LogP contribution in [0.3, 0.4) is 0 Å². The average molecular weight is 544 g/mol. The fourth-order valence-corrected chi connectivity index (χ4v) is 4.00. The van der Waals surface area contributed by atoms with E-state index in [9.17, 15) is 4.79 Å². The van der Waals surface area contributed by atoms with Crippen molar-refractivity contribution in [3.05, 3.63) is 85.9 Å². The summed E-state index contributed by atoms with van der Waals surface area (Å²) in [5, 5.41) is 5.03. The Morgan fingerprint density at radius 2 is 1.89 bits per heavy atom. The molecule has 0 saturated heterocycles. The lowest BCUT2D eigenvalue weighted by molar-refractivity contribution is 0.0953. The number of amides is 1. The fraction of sp³-hybridized carbons (Fsp3) is 0.100. The van der Waals surface area contributed by atoms with E-state index in [1.165, 1.54) is 11.3 Å². The topological polar surface area (TPSA) is 46.4 Å². The lowest BCUT2D eigenvalue weighted by Crippen LogP contribution is -2.24. The highest BCUT2D eigenvalue weighted by molar-refractivity contribution is 9.10. The number of aryl methyl sites for hydroxylation is 1. The Bertz CT molecular complexity index is 1040. The van der Waals surface area contributed by atoms with Crippen molar-refractivity contribution in [1.29, 1.82) is 0 Å². The first-order valence-corrected chi connectivity index (χ1v) is 10.1. The Balaban J connectivity index is 0.00000280. The second kappa shape index (κ2) is 10.2. The van der Waals surface area contributed by atoms with Gasteiger partial charge in [-0.25, -0.2) is 5.43 Å². The van der Waals surface area contributed by atoms with E-state index in [4.69, 9.17) is 11.6 Å². The number of carbonyl (C=O) groups excluding carboxylic acids is 1. The lowest BCUT2D eigenvalue weighted by Gasteiger charge is -2.08. The maximum Gasteiger partial charge on any atom is 0.271 e. The van der Waals surface area contributed by atoms with Crippen LogP contribution in [0.25, 0.3) is 11.3 Å². The molecule has 0 atom stereocenters. The number of carbonyl (C=O) groups is 1. The van der Waals surface area contributed by atoms with Gasteiger partial charge in [-0.3, -0.25) is 4.79 Å². The molecule has 0 aliphatic carbocycles. The number of nitrogens with zero attached hydrogens (tertiary/aromatic N) is 2. The molecule has 0 unspecified atom stereocenters. The summed E-state index contributed by atoms with van der Waals surface area (Å²) >= 11 is 10.9. The van der Waals surface area contributed by atoms with Crippen molar-refractivity contribution in [2.75, 3.05) is 0 Å². The van der Waals surface area contributed by atoms with Gasteiger partial charge in [0.1, 0.15) is 0 Å². The zero-order valence-electron chi connectivity index (χ0n) is 15.0. The molecule has 1 aromatic heterocycles. The third kappa shape index (κ3) is 5.23. The van der Waals surface area contributed by atoms with Gasteiger partial charge < -0.3 is 4.57 Å². The molecule has 3 rings (SSSR count). The van der Waals surface area contributed by atoms with Crippen molar-refractivity contribution in [3.63, 3.8) is 0 Å². The monoisotopic (exact) mass is 541 g/mol. The van der Waals surface area contributed by atoms with Crippen LogP contribution in [0.4, 0.5) is 0 Å². The minimum Gasteiger partial charge on any atom is -0.311 e. The molecule has 1 N–H and O–H groups in total. The smallest absolute Gasteiger partial charge is 0.271 e. The average Bonchev–Trinajstić information content (AvgIpc) is 2.97. The first kappa shape index (κ1) is 22.6. The molecule has 0 fully saturated rings. The molecule has 0 spiro atoms. The highest BCUT2D eigenvalue weighted by Gasteiger charge is 2.12. The Hall–Kier alpha value is -1.67. The van der Waals surface area contributed by atoms with Crippen molar-refractivity contribution < 1.29 is 4.79 Å². The summed E-state index contributed by atoms with van der Waals surface area (Å²) in [6, 6.07) is 14.8. The molecule has 3 aromatic rings. The lowest BCUT2D eigenvalue weighted by atomic mass is 10.1. The van der Waals surface area contributed by atoms with Crippen LogP contribution in [-0.2, 0) is 6.54 Å². The van der Waals surface area contributed by atoms with Gasteiger partial charge >= 0.3 is 0 Å². The highest BCUT2D eigenvalue weighted by atomic mass is 79.9. The summed E-state index contributed by atoms with van der Waals surface area (Å²) in [6.07, 6.45) is 1.81. The first-order valence-electron chi connectivity index (χ1n) is 8.16. The van der Waals surface area contributed by atoms with Crippen LogP contribution in [-0.4, -0.2) is 10.5 Å². The van der Waals surface area contributed by atoms with E-state index in [0.717, 1.165) is 20.6 Å². The molecule has 0 saturated carbocycles. The van der Waals surface area contributed by atoms with E-state index in [2.05, 4.69) is 33.0 Å². The van der Waals surface area contributed by atoms with Crippen LogP contribution in [0.2, 0.25) is 5.02 Å². The van der Waals surface area contributed by atoms with E-state index in [1.54, 1.807) is 18.2 Å². The maximum absolute atomic E-state index is 12.3. The van der Waals surface area contributed by atoms with Gasteiger partial charge in [0.15, 0.2) is 0 Å². The number of rotatable bonds is 5. The molecule has 0 radical (unpaired) electrons. The Morgan fingerprint density at radius 3 is 2.50 bits per heavy atom. The molecule has 1 amide bonds. The Kier molecular flexibility index (Phi) is 8.24. The van der Waals surface area contributed by atoms with Crippen LogP contribution in [0.15, 0.2) is 70.8 Å². The molecule has 8 heteroatoms. The van der Waals surface area contributed by atoms with Crippen molar-refractivity contribution in [2.45, 2.75) is 13.5 Å². The number of nitrogens with one attached hydrogen (secondary N) is 1. The zero-order valence-corrected chi connectivity index (χ0v) is 19.9. The number of thiazole rings is 1. The zero-order chi connectivity index (χ0) is 19.4. The molecule has 4 nitrogen and oxygen atoms in total. The first-order chi connectivity index (χ1) is 13.0. The Morgan fingerprint density at radius 1 is 1.25 bits per heavy atom. The van der Waals surface area contributed by atoms with Crippen LogP contribution in [0.1, 0.15) is 15.2 Å². The molecule has 1 heterocycles. The summed E-state index contributed by atoms with van der Waals surface area (Å²) < 4.78 is 2.94. The van der Waals surface area contributed by atoms with E-state index in [0.29, 0.717) is 21.9 Å². The molecule has 146 valence electrons. The highest BCUT2D eigenvalue weighted by Crippen LogP contribution is 2.26. The van der Waals surface area contributed by atoms with Crippen LogP contribution in [0, 0.1) is 6.92 Å². The minimum absolute atomic E-state index is 0. The van der Waals surface area contributed by atoms with Gasteiger partial charge in [0.05, 0.1) is 5.69 Å². The number of allylic oxidation sites excluding steroid dienone is 1. The van der Waals surface area contributed by atoms with Gasteiger partial charge in [-0.15, -0.1) is 28.7 Å². The van der Waals surface area contributed by atoms with E-state index in [-0.39, 0.29) is 22.9 Å². The Labute approximate surface area is 191 Å². The number of halogens is 3. The van der Waals surface area contributed by atoms with Crippen LogP contribution in [0.5, 0.6) is 0 Å². The standard InChI is InChI=1S/C20H17BrClN3OS.BrH/c1-3-12-25-18(14-6-10-17(22)11-7-14)13(2)27-20(25)24-23-19(26)15-4-8-16(21)9-5-15;/h3-11H,1,12H2,2H3,(H,23,26);1H. The summed E-state index contributed by atoms with van der Waals surface area (Å²) in [6.45, 7) is 6.45. The number of aromatic nitrogens is 1. The molecule has 0 aliphatic heterocycles. The molecular weight excluding hydrogens is 526 g/mol. The summed E-state index contributed by atoms with van der Waals surface area (Å²) in [4.78, 5) is 14.1. The molecule has 0 bridgehead atoms. The van der Waals surface area contributed by atoms with E-state index in [1.807, 2.05) is 47.9 Å². The summed E-state index contributed by atoms with van der Waals surface area (Å²) in [5.41, 5.74) is 5.26. The predicted molar refractivity (Wildman–Crippen MR) is 125 cm³/mol. The molecule has 0 aliphatic rings. The van der Waals surface area contributed by atoms with Crippen LogP contribution >= 0.6 is 55.8 Å². The van der Waals surface area contributed by atoms with Gasteiger partial charge in [0.2, 0.25) is 4.80 Å². The molecule has 28 heavy (non-hydrogen) atoms. The number of hydrogen-bond donors (Lipinski definition) is 1. The summed E-state index contributed by atoms with van der Waals surface area (Å²) in [7, 11) is 0. The third-order valence-corrected chi connectivity index (χ3v) is 5.64. The van der Waals surface area contributed by atoms with Gasteiger partial charge in [0.25, 0.3) is 5.91 Å². The largest absolute Gasteiger partial charge is 0.311 e. The fourth-order valence-electron chi connectivity index (χ4n) is 2.64. The molecular formula is C20H18Br2ClN3OS. The normalized spacial score (nSPS) is 11.0. The van der Waals surface area contributed by atoms with Crippen molar-refractivity contribution >= 4 is 61.8 Å². The van der Waals surface area contributed by atoms with E-state index < -0.39 is 0 Å². The predicted octanol–water partition coefficient (Wildman–Crippen LogP) is 5.95. The van der Waals surface area contributed by atoms with Gasteiger partial charge in [-0.1, -0.05) is 57.1 Å². The van der Waals surface area contributed by atoms with Crippen molar-refractivity contribution in [2.24, 2.45) is 5.10 Å². The second-order valence-electron chi connectivity index (χ2n) is 5.76. The molecule has 2 aromatic carbocycles. The minimum atomic E-state index is -0.258. The van der Waals surface area contributed by atoms with Gasteiger partial charge in [-0.05, 0) is 48.9 Å².